The molecule has 2 heterocycles. The SMILES string of the molecule is O=C1NC(=S)N(c2ccc(Cl)cc2)C(=O)C1=Cc1ccc(-c2ccc(Br)cc2C(F)(F)F)o1. The molecule has 1 aliphatic heterocycles. The molecule has 1 saturated heterocycles. The van der Waals surface area contributed by atoms with Crippen molar-refractivity contribution in [3.63, 3.8) is 0 Å². The summed E-state index contributed by atoms with van der Waals surface area (Å²) in [5, 5.41) is 2.75. The second kappa shape index (κ2) is 8.77. The van der Waals surface area contributed by atoms with Crippen LogP contribution in [0.25, 0.3) is 17.4 Å². The van der Waals surface area contributed by atoms with Crippen molar-refractivity contribution in [3.05, 3.63) is 81.0 Å². The van der Waals surface area contributed by atoms with Crippen molar-refractivity contribution in [2.75, 3.05) is 4.90 Å². The van der Waals surface area contributed by atoms with Gasteiger partial charge >= 0.3 is 6.18 Å². The molecule has 1 fully saturated rings. The molecule has 33 heavy (non-hydrogen) atoms. The lowest BCUT2D eigenvalue weighted by molar-refractivity contribution is -0.137. The average molecular weight is 556 g/mol. The van der Waals surface area contributed by atoms with Crippen molar-refractivity contribution in [1.82, 2.24) is 5.32 Å². The van der Waals surface area contributed by atoms with Crippen LogP contribution in [0.2, 0.25) is 5.02 Å². The van der Waals surface area contributed by atoms with Gasteiger partial charge in [0, 0.05) is 15.1 Å². The highest BCUT2D eigenvalue weighted by Crippen LogP contribution is 2.39. The molecular weight excluding hydrogens is 545 g/mol. The number of hydrogen-bond acceptors (Lipinski definition) is 4. The van der Waals surface area contributed by atoms with Gasteiger partial charge in [-0.05, 0) is 72.9 Å². The first-order valence-corrected chi connectivity index (χ1v) is 10.8. The summed E-state index contributed by atoms with van der Waals surface area (Å²) < 4.78 is 46.2. The fourth-order valence-corrected chi connectivity index (χ4v) is 3.93. The molecule has 0 aliphatic carbocycles. The van der Waals surface area contributed by atoms with E-state index in [4.69, 9.17) is 28.2 Å². The van der Waals surface area contributed by atoms with E-state index < -0.39 is 23.6 Å². The van der Waals surface area contributed by atoms with Crippen LogP contribution in [-0.4, -0.2) is 16.9 Å². The normalized spacial score (nSPS) is 15.8. The number of nitrogens with one attached hydrogen (secondary N) is 1. The molecule has 2 aromatic carbocycles. The minimum Gasteiger partial charge on any atom is -0.457 e. The van der Waals surface area contributed by atoms with Crippen LogP contribution in [0.15, 0.2) is 69.1 Å². The molecule has 5 nitrogen and oxygen atoms in total. The van der Waals surface area contributed by atoms with E-state index >= 15 is 0 Å². The minimum absolute atomic E-state index is 0.0171. The summed E-state index contributed by atoms with van der Waals surface area (Å²) >= 11 is 14.0. The van der Waals surface area contributed by atoms with Crippen molar-refractivity contribution < 1.29 is 27.2 Å². The molecule has 11 heteroatoms. The van der Waals surface area contributed by atoms with Crippen LogP contribution >= 0.6 is 39.7 Å². The molecule has 0 radical (unpaired) electrons. The van der Waals surface area contributed by atoms with Crippen LogP contribution in [0.1, 0.15) is 11.3 Å². The summed E-state index contributed by atoms with van der Waals surface area (Å²) in [7, 11) is 0. The van der Waals surface area contributed by atoms with Gasteiger partial charge in [-0.2, -0.15) is 13.2 Å². The average Bonchev–Trinajstić information content (AvgIpc) is 3.20. The Labute approximate surface area is 203 Å². The van der Waals surface area contributed by atoms with Crippen LogP contribution < -0.4 is 10.2 Å². The number of rotatable bonds is 3. The Kier molecular flexibility index (Phi) is 6.17. The van der Waals surface area contributed by atoms with E-state index in [2.05, 4.69) is 21.2 Å². The van der Waals surface area contributed by atoms with E-state index in [9.17, 15) is 22.8 Å². The lowest BCUT2D eigenvalue weighted by Gasteiger charge is -2.28. The summed E-state index contributed by atoms with van der Waals surface area (Å²) in [6.07, 6.45) is -3.46. The van der Waals surface area contributed by atoms with Gasteiger partial charge in [-0.1, -0.05) is 27.5 Å². The Morgan fingerprint density at radius 3 is 2.42 bits per heavy atom. The minimum atomic E-state index is -4.61. The fraction of sp³-hybridized carbons (Fsp3) is 0.0455. The number of carbonyl (C=O) groups is 2. The molecule has 0 unspecified atom stereocenters. The second-order valence-corrected chi connectivity index (χ2v) is 8.56. The van der Waals surface area contributed by atoms with Gasteiger partial charge in [0.15, 0.2) is 5.11 Å². The van der Waals surface area contributed by atoms with Gasteiger partial charge in [0.05, 0.1) is 11.3 Å². The molecule has 1 aromatic heterocycles. The molecule has 0 bridgehead atoms. The molecule has 4 rings (SSSR count). The monoisotopic (exact) mass is 554 g/mol. The highest BCUT2D eigenvalue weighted by atomic mass is 79.9. The smallest absolute Gasteiger partial charge is 0.417 e. The predicted molar refractivity (Wildman–Crippen MR) is 125 cm³/mol. The number of benzene rings is 2. The van der Waals surface area contributed by atoms with E-state index in [0.717, 1.165) is 17.0 Å². The van der Waals surface area contributed by atoms with Crippen molar-refractivity contribution in [2.24, 2.45) is 0 Å². The van der Waals surface area contributed by atoms with Crippen molar-refractivity contribution in [3.8, 4) is 11.3 Å². The van der Waals surface area contributed by atoms with Crippen molar-refractivity contribution in [1.29, 1.82) is 0 Å². The third kappa shape index (κ3) is 4.73. The van der Waals surface area contributed by atoms with E-state index in [1.807, 2.05) is 0 Å². The van der Waals surface area contributed by atoms with Crippen molar-refractivity contribution >= 4 is 68.4 Å². The van der Waals surface area contributed by atoms with Gasteiger partial charge in [0.25, 0.3) is 11.8 Å². The van der Waals surface area contributed by atoms with E-state index in [-0.39, 0.29) is 32.2 Å². The topological polar surface area (TPSA) is 62.6 Å². The number of alkyl halides is 3. The Bertz CT molecular complexity index is 1320. The Balaban J connectivity index is 1.70. The highest BCUT2D eigenvalue weighted by molar-refractivity contribution is 9.10. The van der Waals surface area contributed by atoms with Crippen LogP contribution in [0, 0.1) is 0 Å². The molecule has 3 aromatic rings. The van der Waals surface area contributed by atoms with Gasteiger partial charge in [0.2, 0.25) is 0 Å². The van der Waals surface area contributed by atoms with Crippen molar-refractivity contribution in [2.45, 2.75) is 6.18 Å². The Morgan fingerprint density at radius 2 is 1.76 bits per heavy atom. The molecule has 1 N–H and O–H groups in total. The molecular formula is C22H11BrClF3N2O3S. The van der Waals surface area contributed by atoms with Crippen LogP contribution in [-0.2, 0) is 15.8 Å². The first-order valence-electron chi connectivity index (χ1n) is 9.18. The number of furan rings is 1. The Hall–Kier alpha value is -2.95. The third-order valence-corrected chi connectivity index (χ3v) is 5.68. The first-order chi connectivity index (χ1) is 15.5. The number of halogens is 5. The maximum Gasteiger partial charge on any atom is 0.417 e. The van der Waals surface area contributed by atoms with Crippen LogP contribution in [0.5, 0.6) is 0 Å². The number of carbonyl (C=O) groups excluding carboxylic acids is 2. The summed E-state index contributed by atoms with van der Waals surface area (Å²) in [5.74, 6) is -1.53. The number of thiocarbonyl (C=S) groups is 1. The van der Waals surface area contributed by atoms with Crippen LogP contribution in [0.3, 0.4) is 0 Å². The maximum absolute atomic E-state index is 13.5. The summed E-state index contributed by atoms with van der Waals surface area (Å²) in [6.45, 7) is 0. The molecule has 0 spiro atoms. The molecule has 0 atom stereocenters. The number of anilines is 1. The summed E-state index contributed by atoms with van der Waals surface area (Å²) in [5.41, 5.74) is -0.994. The predicted octanol–water partition coefficient (Wildman–Crippen LogP) is 6.21. The zero-order chi connectivity index (χ0) is 23.9. The number of nitrogens with zero attached hydrogens (tertiary/aromatic N) is 1. The first kappa shape index (κ1) is 23.2. The fourth-order valence-electron chi connectivity index (χ4n) is 3.17. The van der Waals surface area contributed by atoms with Crippen LogP contribution in [0.4, 0.5) is 18.9 Å². The van der Waals surface area contributed by atoms with Gasteiger partial charge in [-0.15, -0.1) is 0 Å². The molecule has 168 valence electrons. The van der Waals surface area contributed by atoms with Gasteiger partial charge in [-0.25, -0.2) is 0 Å². The number of hydrogen-bond donors (Lipinski definition) is 1. The van der Waals surface area contributed by atoms with E-state index in [1.54, 1.807) is 24.3 Å². The van der Waals surface area contributed by atoms with Gasteiger partial charge in [-0.3, -0.25) is 19.8 Å². The second-order valence-electron chi connectivity index (χ2n) is 6.82. The largest absolute Gasteiger partial charge is 0.457 e. The Morgan fingerprint density at radius 1 is 1.06 bits per heavy atom. The lowest BCUT2D eigenvalue weighted by Crippen LogP contribution is -2.54. The lowest BCUT2D eigenvalue weighted by atomic mass is 10.1. The molecule has 2 amide bonds. The standard InChI is InChI=1S/C22H11BrClF3N2O3S/c23-11-1-7-15(17(9-11)22(25,26)27)18-8-6-14(32-18)10-16-19(30)28-21(33)29(20(16)31)13-4-2-12(24)3-5-13/h1-10H,(H,28,30,33). The summed E-state index contributed by atoms with van der Waals surface area (Å²) in [6, 6.07) is 12.6. The number of amides is 2. The summed E-state index contributed by atoms with van der Waals surface area (Å²) in [4.78, 5) is 26.5. The zero-order valence-corrected chi connectivity index (χ0v) is 19.4. The zero-order valence-electron chi connectivity index (χ0n) is 16.2. The van der Waals surface area contributed by atoms with E-state index in [0.29, 0.717) is 10.7 Å². The molecule has 1 aliphatic rings. The van der Waals surface area contributed by atoms with E-state index in [1.165, 1.54) is 24.3 Å². The maximum atomic E-state index is 13.5. The highest BCUT2D eigenvalue weighted by Gasteiger charge is 2.36. The third-order valence-electron chi connectivity index (χ3n) is 4.65. The quantitative estimate of drug-likeness (QED) is 0.237. The van der Waals surface area contributed by atoms with Gasteiger partial charge in [0.1, 0.15) is 17.1 Å². The van der Waals surface area contributed by atoms with Gasteiger partial charge < -0.3 is 4.42 Å². The molecule has 0 saturated carbocycles.